The van der Waals surface area contributed by atoms with Gasteiger partial charge < -0.3 is 0 Å². The van der Waals surface area contributed by atoms with Crippen molar-refractivity contribution in [1.29, 1.82) is 0 Å². The number of aryl methyl sites for hydroxylation is 1. The first kappa shape index (κ1) is 26.8. The number of hydrogen-bond acceptors (Lipinski definition) is 0. The molecule has 0 saturated heterocycles. The van der Waals surface area contributed by atoms with E-state index in [2.05, 4.69) is 171 Å². The summed E-state index contributed by atoms with van der Waals surface area (Å²) in [5, 5.41) is 7.96. The maximum Gasteiger partial charge on any atom is -0.000741 e. The first-order valence-electron chi connectivity index (χ1n) is 17.2. The molecule has 11 rings (SSSR count). The Morgan fingerprint density at radius 1 is 0.265 bits per heavy atom. The van der Waals surface area contributed by atoms with Gasteiger partial charge in [-0.15, -0.1) is 0 Å². The lowest BCUT2D eigenvalue weighted by molar-refractivity contribution is 1.50. The standard InChI is InChI=1S/C49H30/c1-29-28-42-33-19-9-8-18-32(33)34-22-12-24-39(47(34)42)43(29)38-26-27-41-46-37(38)23-13-25-40(46)48-44(30-14-4-2-5-15-30)35-20-10-11-21-36(35)45(49(41)48)31-16-6-3-7-17-31/h2-28H,1H3. The molecule has 0 aromatic heterocycles. The molecule has 0 bridgehead atoms. The van der Waals surface area contributed by atoms with E-state index in [0.29, 0.717) is 0 Å². The second-order valence-electron chi connectivity index (χ2n) is 13.6. The van der Waals surface area contributed by atoms with Crippen LogP contribution in [-0.2, 0) is 0 Å². The van der Waals surface area contributed by atoms with Crippen LogP contribution in [0.1, 0.15) is 5.56 Å². The third-order valence-electron chi connectivity index (χ3n) is 11.1. The quantitative estimate of drug-likeness (QED) is 0.185. The molecule has 9 aromatic rings. The van der Waals surface area contributed by atoms with Crippen LogP contribution in [0.2, 0.25) is 0 Å². The van der Waals surface area contributed by atoms with Gasteiger partial charge in [0.25, 0.3) is 0 Å². The highest BCUT2D eigenvalue weighted by Gasteiger charge is 2.32. The van der Waals surface area contributed by atoms with Crippen LogP contribution in [0.5, 0.6) is 0 Å². The van der Waals surface area contributed by atoms with Crippen LogP contribution in [0.15, 0.2) is 164 Å². The predicted molar refractivity (Wildman–Crippen MR) is 209 cm³/mol. The predicted octanol–water partition coefficient (Wildman–Crippen LogP) is 13.8. The number of hydrogen-bond donors (Lipinski definition) is 0. The molecule has 226 valence electrons. The van der Waals surface area contributed by atoms with Crippen LogP contribution in [0.4, 0.5) is 0 Å². The zero-order valence-corrected chi connectivity index (χ0v) is 27.1. The third kappa shape index (κ3) is 3.53. The van der Waals surface area contributed by atoms with Crippen LogP contribution < -0.4 is 0 Å². The highest BCUT2D eigenvalue weighted by molar-refractivity contribution is 6.30. The van der Waals surface area contributed by atoms with Gasteiger partial charge in [-0.3, -0.25) is 0 Å². The summed E-state index contributed by atoms with van der Waals surface area (Å²) in [6.07, 6.45) is 0. The second-order valence-corrected chi connectivity index (χ2v) is 13.6. The zero-order chi connectivity index (χ0) is 32.2. The average Bonchev–Trinajstić information content (AvgIpc) is 3.66. The lowest BCUT2D eigenvalue weighted by Crippen LogP contribution is -1.93. The van der Waals surface area contributed by atoms with Gasteiger partial charge in [0, 0.05) is 0 Å². The van der Waals surface area contributed by atoms with E-state index < -0.39 is 0 Å². The van der Waals surface area contributed by atoms with Crippen LogP contribution in [0, 0.1) is 6.92 Å². The van der Waals surface area contributed by atoms with E-state index in [0.717, 1.165) is 0 Å². The smallest absolute Gasteiger partial charge is 0.000741 e. The Labute approximate surface area is 285 Å². The molecular formula is C49H30. The van der Waals surface area contributed by atoms with E-state index in [1.165, 1.54) is 116 Å². The fourth-order valence-electron chi connectivity index (χ4n) is 9.20. The zero-order valence-electron chi connectivity index (χ0n) is 27.1. The lowest BCUT2D eigenvalue weighted by atomic mass is 9.82. The molecule has 2 aliphatic carbocycles. The Balaban J connectivity index is 1.27. The molecule has 0 radical (unpaired) electrons. The third-order valence-corrected chi connectivity index (χ3v) is 11.1. The second kappa shape index (κ2) is 9.89. The van der Waals surface area contributed by atoms with E-state index in [4.69, 9.17) is 0 Å². The molecule has 0 saturated carbocycles. The first-order valence-corrected chi connectivity index (χ1v) is 17.2. The van der Waals surface area contributed by atoms with E-state index in [1.807, 2.05) is 0 Å². The maximum absolute atomic E-state index is 2.43. The van der Waals surface area contributed by atoms with Gasteiger partial charge in [-0.05, 0) is 123 Å². The van der Waals surface area contributed by atoms with Gasteiger partial charge in [0.15, 0.2) is 0 Å². The minimum atomic E-state index is 1.25. The summed E-state index contributed by atoms with van der Waals surface area (Å²) in [6, 6.07) is 61.0. The van der Waals surface area contributed by atoms with Crippen molar-refractivity contribution in [2.45, 2.75) is 6.92 Å². The van der Waals surface area contributed by atoms with Gasteiger partial charge in [-0.25, -0.2) is 0 Å². The molecule has 2 aliphatic rings. The van der Waals surface area contributed by atoms with E-state index in [-0.39, 0.29) is 0 Å². The molecule has 0 atom stereocenters. The molecule has 0 amide bonds. The monoisotopic (exact) mass is 618 g/mol. The average molecular weight is 619 g/mol. The Morgan fingerprint density at radius 3 is 1.37 bits per heavy atom. The SMILES string of the molecule is Cc1cc2c3c(cccc3c1-c1ccc3c4c(cccc14)-c1c-3c(-c3ccccc3)c3ccccc3c1-c1ccccc1)-c1ccccc1-2. The van der Waals surface area contributed by atoms with Crippen molar-refractivity contribution >= 4 is 32.3 Å². The first-order chi connectivity index (χ1) is 24.3. The Hall–Kier alpha value is -6.24. The molecular weight excluding hydrogens is 589 g/mol. The molecule has 0 heteroatoms. The van der Waals surface area contributed by atoms with Crippen LogP contribution in [0.3, 0.4) is 0 Å². The van der Waals surface area contributed by atoms with Gasteiger partial charge in [-0.2, -0.15) is 0 Å². The molecule has 0 spiro atoms. The molecule has 0 unspecified atom stereocenters. The molecule has 9 aromatic carbocycles. The summed E-state index contributed by atoms with van der Waals surface area (Å²) < 4.78 is 0. The van der Waals surface area contributed by atoms with Gasteiger partial charge in [0.1, 0.15) is 0 Å². The van der Waals surface area contributed by atoms with Crippen LogP contribution in [0.25, 0.3) is 110 Å². The van der Waals surface area contributed by atoms with Gasteiger partial charge in [-0.1, -0.05) is 164 Å². The van der Waals surface area contributed by atoms with Crippen molar-refractivity contribution in [2.75, 3.05) is 0 Å². The van der Waals surface area contributed by atoms with Crippen molar-refractivity contribution in [1.82, 2.24) is 0 Å². The molecule has 0 aliphatic heterocycles. The number of fused-ring (bicyclic) bond motifs is 7. The normalized spacial score (nSPS) is 12.2. The summed E-state index contributed by atoms with van der Waals surface area (Å²) >= 11 is 0. The van der Waals surface area contributed by atoms with Crippen molar-refractivity contribution in [2.24, 2.45) is 0 Å². The van der Waals surface area contributed by atoms with Crippen LogP contribution in [-0.4, -0.2) is 0 Å². The molecule has 0 N–H and O–H groups in total. The molecule has 0 fully saturated rings. The van der Waals surface area contributed by atoms with E-state index >= 15 is 0 Å². The molecule has 49 heavy (non-hydrogen) atoms. The number of rotatable bonds is 3. The fourth-order valence-corrected chi connectivity index (χ4v) is 9.20. The highest BCUT2D eigenvalue weighted by atomic mass is 14.3. The minimum absolute atomic E-state index is 1.25. The van der Waals surface area contributed by atoms with Gasteiger partial charge in [0.2, 0.25) is 0 Å². The molecule has 0 nitrogen and oxygen atoms in total. The van der Waals surface area contributed by atoms with Crippen molar-refractivity contribution in [3.05, 3.63) is 169 Å². The summed E-state index contributed by atoms with van der Waals surface area (Å²) in [5.74, 6) is 0. The summed E-state index contributed by atoms with van der Waals surface area (Å²) in [6.45, 7) is 2.30. The Morgan fingerprint density at radius 2 is 0.714 bits per heavy atom. The van der Waals surface area contributed by atoms with Crippen LogP contribution >= 0.6 is 0 Å². The minimum Gasteiger partial charge on any atom is -0.0622 e. The van der Waals surface area contributed by atoms with Crippen molar-refractivity contribution in [3.8, 4) is 77.9 Å². The lowest BCUT2D eigenvalue weighted by Gasteiger charge is -2.20. The van der Waals surface area contributed by atoms with Gasteiger partial charge >= 0.3 is 0 Å². The largest absolute Gasteiger partial charge is 0.0622 e. The number of benzene rings is 9. The van der Waals surface area contributed by atoms with Crippen molar-refractivity contribution in [3.63, 3.8) is 0 Å². The van der Waals surface area contributed by atoms with E-state index in [9.17, 15) is 0 Å². The van der Waals surface area contributed by atoms with Gasteiger partial charge in [0.05, 0.1) is 0 Å². The topological polar surface area (TPSA) is 0 Å². The Kier molecular flexibility index (Phi) is 5.41. The Bertz CT molecular complexity index is 2760. The van der Waals surface area contributed by atoms with E-state index in [1.54, 1.807) is 0 Å². The van der Waals surface area contributed by atoms with Crippen molar-refractivity contribution < 1.29 is 0 Å². The summed E-state index contributed by atoms with van der Waals surface area (Å²) in [7, 11) is 0. The summed E-state index contributed by atoms with van der Waals surface area (Å²) in [5.41, 5.74) is 19.8. The summed E-state index contributed by atoms with van der Waals surface area (Å²) in [4.78, 5) is 0. The highest BCUT2D eigenvalue weighted by Crippen LogP contribution is 2.59. The maximum atomic E-state index is 2.43. The molecule has 0 heterocycles. The fraction of sp³-hybridized carbons (Fsp3) is 0.0204.